The number of carbonyl (C=O) groups excluding carboxylic acids is 1. The minimum Gasteiger partial charge on any atom is -0.441 e. The number of nitrogens with zero attached hydrogens (tertiary/aromatic N) is 1. The molecule has 1 heterocycles. The van der Waals surface area contributed by atoms with Crippen molar-refractivity contribution in [1.82, 2.24) is 4.98 Å². The Morgan fingerprint density at radius 3 is 2.81 bits per heavy atom. The van der Waals surface area contributed by atoms with E-state index in [-0.39, 0.29) is 5.75 Å². The lowest BCUT2D eigenvalue weighted by Crippen LogP contribution is -2.11. The van der Waals surface area contributed by atoms with Crippen molar-refractivity contribution in [2.75, 3.05) is 0 Å². The zero-order valence-electron chi connectivity index (χ0n) is 10.9. The van der Waals surface area contributed by atoms with Gasteiger partial charge in [0.05, 0.1) is 5.56 Å². The van der Waals surface area contributed by atoms with E-state index in [9.17, 15) is 13.6 Å². The fraction of sp³-hybridized carbons (Fsp3) is 0.0667. The van der Waals surface area contributed by atoms with Gasteiger partial charge in [0, 0.05) is 13.0 Å². The van der Waals surface area contributed by atoms with Crippen LogP contribution in [0.25, 0.3) is 11.1 Å². The molecule has 0 aliphatic rings. The fourth-order valence-corrected chi connectivity index (χ4v) is 1.90. The number of hydrogen-bond donors (Lipinski definition) is 0. The molecule has 0 N–H and O–H groups in total. The van der Waals surface area contributed by atoms with Gasteiger partial charge in [0.2, 0.25) is 0 Å². The minimum atomic E-state index is -0.984. The first kappa shape index (κ1) is 13.2. The second-order valence-electron chi connectivity index (χ2n) is 4.38. The Morgan fingerprint density at radius 1 is 1.19 bits per heavy atom. The zero-order valence-corrected chi connectivity index (χ0v) is 10.9. The largest absolute Gasteiger partial charge is 0.441 e. The van der Waals surface area contributed by atoms with Gasteiger partial charge in [-0.25, -0.2) is 18.6 Å². The number of oxazole rings is 1. The van der Waals surface area contributed by atoms with Crippen molar-refractivity contribution in [2.45, 2.75) is 6.92 Å². The Morgan fingerprint density at radius 2 is 2.00 bits per heavy atom. The molecule has 0 atom stereocenters. The third-order valence-corrected chi connectivity index (χ3v) is 2.83. The van der Waals surface area contributed by atoms with Crippen molar-refractivity contribution in [3.8, 4) is 5.75 Å². The highest BCUT2D eigenvalue weighted by molar-refractivity contribution is 5.91. The maximum absolute atomic E-state index is 13.5. The van der Waals surface area contributed by atoms with Gasteiger partial charge in [0.25, 0.3) is 0 Å². The molecule has 6 heteroatoms. The second-order valence-corrected chi connectivity index (χ2v) is 4.38. The smallest absolute Gasteiger partial charge is 0.346 e. The molecule has 2 aromatic carbocycles. The van der Waals surface area contributed by atoms with Crippen molar-refractivity contribution >= 4 is 17.1 Å². The summed E-state index contributed by atoms with van der Waals surface area (Å²) >= 11 is 0. The van der Waals surface area contributed by atoms with Crippen LogP contribution in [0, 0.1) is 18.6 Å². The summed E-state index contributed by atoms with van der Waals surface area (Å²) in [5, 5.41) is 0. The van der Waals surface area contributed by atoms with Gasteiger partial charge in [0.1, 0.15) is 22.9 Å². The van der Waals surface area contributed by atoms with E-state index in [2.05, 4.69) is 4.98 Å². The van der Waals surface area contributed by atoms with E-state index < -0.39 is 23.2 Å². The van der Waals surface area contributed by atoms with E-state index in [0.29, 0.717) is 17.0 Å². The first-order valence-corrected chi connectivity index (χ1v) is 6.07. The van der Waals surface area contributed by atoms with E-state index in [1.54, 1.807) is 13.0 Å². The molecular formula is C15H9F2NO3. The Bertz CT molecular complexity index is 842. The van der Waals surface area contributed by atoms with Crippen LogP contribution in [0.2, 0.25) is 0 Å². The minimum absolute atomic E-state index is 0.160. The SMILES string of the molecule is Cc1nc2ccc(OC(=O)c3cc(F)ccc3F)cc2o1. The molecule has 0 aliphatic carbocycles. The second kappa shape index (κ2) is 4.97. The van der Waals surface area contributed by atoms with E-state index in [1.165, 1.54) is 12.1 Å². The summed E-state index contributed by atoms with van der Waals surface area (Å²) in [5.41, 5.74) is 0.589. The molecule has 0 saturated carbocycles. The average molecular weight is 289 g/mol. The first-order chi connectivity index (χ1) is 10.0. The number of halogens is 2. The summed E-state index contributed by atoms with van der Waals surface area (Å²) in [6, 6.07) is 7.15. The summed E-state index contributed by atoms with van der Waals surface area (Å²) < 4.78 is 36.9. The van der Waals surface area contributed by atoms with Crippen molar-refractivity contribution in [1.29, 1.82) is 0 Å². The standard InChI is InChI=1S/C15H9F2NO3/c1-8-18-13-5-3-10(7-14(13)20-8)21-15(19)11-6-9(16)2-4-12(11)17/h2-7H,1H3. The summed E-state index contributed by atoms with van der Waals surface area (Å²) in [6.07, 6.45) is 0. The van der Waals surface area contributed by atoms with Crippen LogP contribution in [-0.2, 0) is 0 Å². The van der Waals surface area contributed by atoms with Gasteiger partial charge in [-0.15, -0.1) is 0 Å². The van der Waals surface area contributed by atoms with Crippen LogP contribution in [0.5, 0.6) is 5.75 Å². The highest BCUT2D eigenvalue weighted by Crippen LogP contribution is 2.22. The predicted molar refractivity (Wildman–Crippen MR) is 70.1 cm³/mol. The number of carbonyl (C=O) groups is 1. The molecular weight excluding hydrogens is 280 g/mol. The molecule has 0 bridgehead atoms. The first-order valence-electron chi connectivity index (χ1n) is 6.07. The van der Waals surface area contributed by atoms with Crippen LogP contribution >= 0.6 is 0 Å². The molecule has 0 aliphatic heterocycles. The lowest BCUT2D eigenvalue weighted by atomic mass is 10.2. The normalized spacial score (nSPS) is 10.8. The van der Waals surface area contributed by atoms with Gasteiger partial charge in [0.15, 0.2) is 11.5 Å². The lowest BCUT2D eigenvalue weighted by molar-refractivity contribution is 0.0729. The van der Waals surface area contributed by atoms with Gasteiger partial charge in [-0.3, -0.25) is 0 Å². The number of rotatable bonds is 2. The Labute approximate surface area is 118 Å². The monoisotopic (exact) mass is 289 g/mol. The Hall–Kier alpha value is -2.76. The number of aromatic nitrogens is 1. The number of ether oxygens (including phenoxy) is 1. The average Bonchev–Trinajstić information content (AvgIpc) is 2.80. The summed E-state index contributed by atoms with van der Waals surface area (Å²) in [6.45, 7) is 1.69. The molecule has 1 aromatic heterocycles. The molecule has 4 nitrogen and oxygen atoms in total. The topological polar surface area (TPSA) is 52.3 Å². The number of fused-ring (bicyclic) bond motifs is 1. The highest BCUT2D eigenvalue weighted by Gasteiger charge is 2.16. The zero-order chi connectivity index (χ0) is 15.0. The molecule has 106 valence electrons. The van der Waals surface area contributed by atoms with Crippen LogP contribution in [0.15, 0.2) is 40.8 Å². The lowest BCUT2D eigenvalue weighted by Gasteiger charge is -2.05. The van der Waals surface area contributed by atoms with Gasteiger partial charge >= 0.3 is 5.97 Å². The number of aryl methyl sites for hydroxylation is 1. The van der Waals surface area contributed by atoms with Crippen LogP contribution in [-0.4, -0.2) is 11.0 Å². The molecule has 21 heavy (non-hydrogen) atoms. The van der Waals surface area contributed by atoms with Crippen LogP contribution in [0.3, 0.4) is 0 Å². The van der Waals surface area contributed by atoms with Crippen LogP contribution < -0.4 is 4.74 Å². The number of esters is 1. The quantitative estimate of drug-likeness (QED) is 0.534. The van der Waals surface area contributed by atoms with Crippen molar-refractivity contribution in [3.05, 3.63) is 59.5 Å². The van der Waals surface area contributed by atoms with Gasteiger partial charge in [-0.1, -0.05) is 0 Å². The third-order valence-electron chi connectivity index (χ3n) is 2.83. The van der Waals surface area contributed by atoms with E-state index in [4.69, 9.17) is 9.15 Å². The molecule has 0 amide bonds. The summed E-state index contributed by atoms with van der Waals surface area (Å²) in [4.78, 5) is 16.0. The van der Waals surface area contributed by atoms with Crippen LogP contribution in [0.1, 0.15) is 16.2 Å². The summed E-state index contributed by atoms with van der Waals surface area (Å²) in [7, 11) is 0. The molecule has 3 aromatic rings. The molecule has 3 rings (SSSR count). The predicted octanol–water partition coefficient (Wildman–Crippen LogP) is 3.63. The van der Waals surface area contributed by atoms with Crippen molar-refractivity contribution in [2.24, 2.45) is 0 Å². The van der Waals surface area contributed by atoms with Gasteiger partial charge in [-0.05, 0) is 30.3 Å². The van der Waals surface area contributed by atoms with E-state index >= 15 is 0 Å². The number of benzene rings is 2. The Balaban J connectivity index is 1.90. The van der Waals surface area contributed by atoms with E-state index in [1.807, 2.05) is 0 Å². The Kier molecular flexibility index (Phi) is 3.13. The van der Waals surface area contributed by atoms with Crippen molar-refractivity contribution < 1.29 is 22.7 Å². The van der Waals surface area contributed by atoms with Crippen molar-refractivity contribution in [3.63, 3.8) is 0 Å². The van der Waals surface area contributed by atoms with Gasteiger partial charge < -0.3 is 9.15 Å². The maximum atomic E-state index is 13.5. The fourth-order valence-electron chi connectivity index (χ4n) is 1.90. The van der Waals surface area contributed by atoms with Gasteiger partial charge in [-0.2, -0.15) is 0 Å². The molecule has 0 saturated heterocycles. The molecule has 0 spiro atoms. The molecule has 0 unspecified atom stereocenters. The third kappa shape index (κ3) is 2.60. The van der Waals surface area contributed by atoms with E-state index in [0.717, 1.165) is 18.2 Å². The molecule has 0 radical (unpaired) electrons. The molecule has 0 fully saturated rings. The summed E-state index contributed by atoms with van der Waals surface area (Å²) in [5.74, 6) is -1.91. The number of hydrogen-bond acceptors (Lipinski definition) is 4. The maximum Gasteiger partial charge on any atom is 0.346 e. The highest BCUT2D eigenvalue weighted by atomic mass is 19.1. The van der Waals surface area contributed by atoms with Crippen LogP contribution in [0.4, 0.5) is 8.78 Å².